The van der Waals surface area contributed by atoms with Crippen LogP contribution in [-0.4, -0.2) is 193 Å². The molecule has 0 atom stereocenters. The molecule has 1 aromatic carbocycles. The normalized spacial score (nSPS) is 17.9. The van der Waals surface area contributed by atoms with Gasteiger partial charge < -0.3 is 59.0 Å². The Balaban J connectivity index is 1.84. The van der Waals surface area contributed by atoms with Gasteiger partial charge in [0.05, 0.1) is 12.8 Å². The van der Waals surface area contributed by atoms with Crippen LogP contribution in [0.3, 0.4) is 0 Å². The van der Waals surface area contributed by atoms with Crippen LogP contribution in [0.1, 0.15) is 120 Å². The van der Waals surface area contributed by atoms with Gasteiger partial charge in [-0.1, -0.05) is 24.3 Å². The lowest BCUT2D eigenvalue weighted by Crippen LogP contribution is -2.46. The number of ether oxygens (including phenoxy) is 4. The minimum absolute atomic E-state index is 0.0537. The van der Waals surface area contributed by atoms with E-state index in [0.29, 0.717) is 104 Å². The van der Waals surface area contributed by atoms with Crippen molar-refractivity contribution in [1.29, 1.82) is 0 Å². The lowest BCUT2D eigenvalue weighted by molar-refractivity contribution is -0.131. The first-order valence-electron chi connectivity index (χ1n) is 24.6. The van der Waals surface area contributed by atoms with Crippen LogP contribution in [0.25, 0.3) is 0 Å². The van der Waals surface area contributed by atoms with E-state index >= 15 is 0 Å². The fourth-order valence-corrected chi connectivity index (χ4v) is 7.48. The van der Waals surface area contributed by atoms with Crippen molar-refractivity contribution in [2.45, 2.75) is 144 Å². The number of nitrogens with zero attached hydrogens (tertiary/aromatic N) is 6. The number of hydrogen-bond acceptors (Lipinski definition) is 12. The average Bonchev–Trinajstić information content (AvgIpc) is 3.19. The van der Waals surface area contributed by atoms with Crippen molar-refractivity contribution < 1.29 is 47.7 Å². The second-order valence-corrected chi connectivity index (χ2v) is 21.7. The van der Waals surface area contributed by atoms with Crippen LogP contribution in [0.15, 0.2) is 24.3 Å². The minimum Gasteiger partial charge on any atom is -0.444 e. The molecular formula is C50H86N8O10. The van der Waals surface area contributed by atoms with Gasteiger partial charge in [-0.15, -0.1) is 0 Å². The SMILES string of the molecule is CC(C)(C)OC(=O)N1CCCN(C(=O)Cc2cccc(CC(=O)N3CCCN(C(=O)OC(C)(C)C)CCNCCCN(C(=O)OC(C)(C)C)CC3)c2)CCN(C(=O)OC(C)(C)C)CCCNCC1. The maximum Gasteiger partial charge on any atom is 0.410 e. The van der Waals surface area contributed by atoms with E-state index in [1.807, 2.05) is 107 Å². The fourth-order valence-electron chi connectivity index (χ4n) is 7.48. The molecule has 2 heterocycles. The maximum atomic E-state index is 14.3. The van der Waals surface area contributed by atoms with Gasteiger partial charge in [0, 0.05) is 91.6 Å². The Morgan fingerprint density at radius 3 is 1.00 bits per heavy atom. The summed E-state index contributed by atoms with van der Waals surface area (Å²) in [5.74, 6) is -0.311. The molecule has 0 saturated carbocycles. The molecule has 0 bridgehead atoms. The molecule has 18 nitrogen and oxygen atoms in total. The van der Waals surface area contributed by atoms with Gasteiger partial charge >= 0.3 is 24.4 Å². The van der Waals surface area contributed by atoms with Gasteiger partial charge in [-0.25, -0.2) is 19.2 Å². The molecular weight excluding hydrogens is 873 g/mol. The molecule has 2 aliphatic heterocycles. The topological polar surface area (TPSA) is 183 Å². The van der Waals surface area contributed by atoms with E-state index in [1.165, 1.54) is 0 Å². The highest BCUT2D eigenvalue weighted by Crippen LogP contribution is 2.17. The largest absolute Gasteiger partial charge is 0.444 e. The first-order valence-corrected chi connectivity index (χ1v) is 24.6. The third-order valence-corrected chi connectivity index (χ3v) is 10.7. The first-order chi connectivity index (χ1) is 31.7. The van der Waals surface area contributed by atoms with Crippen LogP contribution in [0.5, 0.6) is 0 Å². The van der Waals surface area contributed by atoms with Crippen molar-refractivity contribution in [3.63, 3.8) is 0 Å². The van der Waals surface area contributed by atoms with Crippen LogP contribution in [0.2, 0.25) is 0 Å². The van der Waals surface area contributed by atoms with Gasteiger partial charge in [0.1, 0.15) is 22.4 Å². The van der Waals surface area contributed by atoms with Crippen LogP contribution in [0.4, 0.5) is 19.2 Å². The summed E-state index contributed by atoms with van der Waals surface area (Å²) in [5.41, 5.74) is -1.25. The Bertz CT molecular complexity index is 1660. The first kappa shape index (κ1) is 57.5. The van der Waals surface area contributed by atoms with E-state index in [4.69, 9.17) is 18.9 Å². The summed E-state index contributed by atoms with van der Waals surface area (Å²) >= 11 is 0. The molecule has 3 rings (SSSR count). The minimum atomic E-state index is -0.689. The number of amides is 6. The molecule has 0 aliphatic carbocycles. The molecule has 2 fully saturated rings. The van der Waals surface area contributed by atoms with Crippen LogP contribution in [-0.2, 0) is 41.4 Å². The molecule has 386 valence electrons. The average molecular weight is 959 g/mol. The van der Waals surface area contributed by atoms with Gasteiger partial charge in [-0.3, -0.25) is 9.59 Å². The van der Waals surface area contributed by atoms with Crippen LogP contribution in [0, 0.1) is 0 Å². The standard InChI is InChI=1S/C50H86N8O10/c1-47(2,3)65-43(61)55-28-16-26-53(32-34-57(24-14-20-51-22-30-55)45(63)67-49(7,8)9)41(59)37-39-18-13-19-40(36-39)38-42(60)54-27-17-29-56(44(62)66-48(4,5)6)31-23-52-21-15-25-58(35-33-54)46(64)68-50(10,11)12/h13,18-19,36,51-52H,14-17,20-35,37-38H2,1-12H3. The van der Waals surface area contributed by atoms with Crippen molar-refractivity contribution in [3.05, 3.63) is 35.4 Å². The predicted molar refractivity (Wildman–Crippen MR) is 262 cm³/mol. The summed E-state index contributed by atoms with van der Waals surface area (Å²) in [5, 5.41) is 6.74. The second kappa shape index (κ2) is 26.8. The van der Waals surface area contributed by atoms with Crippen molar-refractivity contribution in [2.24, 2.45) is 0 Å². The van der Waals surface area contributed by atoms with Crippen LogP contribution >= 0.6 is 0 Å². The van der Waals surface area contributed by atoms with Crippen molar-refractivity contribution in [3.8, 4) is 0 Å². The zero-order valence-electron chi connectivity index (χ0n) is 43.6. The van der Waals surface area contributed by atoms with E-state index in [-0.39, 0.29) is 50.8 Å². The molecule has 0 unspecified atom stereocenters. The monoisotopic (exact) mass is 959 g/mol. The highest BCUT2D eigenvalue weighted by molar-refractivity contribution is 5.80. The Labute approximate surface area is 407 Å². The van der Waals surface area contributed by atoms with E-state index in [9.17, 15) is 28.8 Å². The number of carbonyl (C=O) groups excluding carboxylic acids is 6. The molecule has 68 heavy (non-hydrogen) atoms. The van der Waals surface area contributed by atoms with Crippen molar-refractivity contribution in [2.75, 3.05) is 105 Å². The lowest BCUT2D eigenvalue weighted by Gasteiger charge is -2.32. The van der Waals surface area contributed by atoms with Gasteiger partial charge in [-0.2, -0.15) is 0 Å². The zero-order chi connectivity index (χ0) is 50.7. The van der Waals surface area contributed by atoms with E-state index in [2.05, 4.69) is 10.6 Å². The molecule has 2 N–H and O–H groups in total. The highest BCUT2D eigenvalue weighted by atomic mass is 16.6. The zero-order valence-corrected chi connectivity index (χ0v) is 43.6. The molecule has 18 heteroatoms. The Kier molecular flexibility index (Phi) is 22.6. The van der Waals surface area contributed by atoms with E-state index < -0.39 is 46.8 Å². The fraction of sp³-hybridized carbons (Fsp3) is 0.760. The number of carbonyl (C=O) groups is 6. The molecule has 0 spiro atoms. The summed E-state index contributed by atoms with van der Waals surface area (Å²) in [7, 11) is 0. The highest BCUT2D eigenvalue weighted by Gasteiger charge is 2.28. The number of benzene rings is 1. The van der Waals surface area contributed by atoms with Gasteiger partial charge in [0.25, 0.3) is 0 Å². The van der Waals surface area contributed by atoms with E-state index in [0.717, 1.165) is 11.1 Å². The van der Waals surface area contributed by atoms with Gasteiger partial charge in [0.2, 0.25) is 11.8 Å². The smallest absolute Gasteiger partial charge is 0.410 e. The number of hydrogen-bond donors (Lipinski definition) is 2. The summed E-state index contributed by atoms with van der Waals surface area (Å²) in [6.45, 7) is 28.4. The summed E-state index contributed by atoms with van der Waals surface area (Å²) in [6, 6.07) is 7.44. The van der Waals surface area contributed by atoms with Gasteiger partial charge in [0.15, 0.2) is 0 Å². The van der Waals surface area contributed by atoms with Gasteiger partial charge in [-0.05, 0) is 133 Å². The molecule has 2 aliphatic rings. The Morgan fingerprint density at radius 1 is 0.397 bits per heavy atom. The molecule has 0 radical (unpaired) electrons. The number of rotatable bonds is 4. The third-order valence-electron chi connectivity index (χ3n) is 10.7. The molecule has 2 saturated heterocycles. The molecule has 0 aromatic heterocycles. The Morgan fingerprint density at radius 2 is 0.676 bits per heavy atom. The van der Waals surface area contributed by atoms with Crippen LogP contribution < -0.4 is 10.6 Å². The number of nitrogens with one attached hydrogen (secondary N) is 2. The summed E-state index contributed by atoms with van der Waals surface area (Å²) in [4.78, 5) is 91.7. The summed E-state index contributed by atoms with van der Waals surface area (Å²) in [6.07, 6.45) is 0.666. The molecule has 1 aromatic rings. The maximum absolute atomic E-state index is 14.3. The van der Waals surface area contributed by atoms with E-state index in [1.54, 1.807) is 29.4 Å². The third kappa shape index (κ3) is 23.4. The lowest BCUT2D eigenvalue weighted by atomic mass is 10.0. The second-order valence-electron chi connectivity index (χ2n) is 21.7. The Hall–Kier alpha value is -4.84. The molecule has 6 amide bonds. The quantitative estimate of drug-likeness (QED) is 0.330. The summed E-state index contributed by atoms with van der Waals surface area (Å²) < 4.78 is 22.9. The van der Waals surface area contributed by atoms with Crippen molar-refractivity contribution >= 4 is 36.2 Å². The predicted octanol–water partition coefficient (Wildman–Crippen LogP) is 6.14. The van der Waals surface area contributed by atoms with Crippen molar-refractivity contribution in [1.82, 2.24) is 40.0 Å².